The van der Waals surface area contributed by atoms with Crippen molar-refractivity contribution in [2.24, 2.45) is 5.11 Å². The van der Waals surface area contributed by atoms with E-state index in [4.69, 9.17) is 13.9 Å². The lowest BCUT2D eigenvalue weighted by molar-refractivity contribution is -0.267. The Balaban J connectivity index is 2.77. The predicted octanol–water partition coefficient (Wildman–Crippen LogP) is 6.02. The van der Waals surface area contributed by atoms with Crippen LogP contribution in [0.2, 0.25) is 57.4 Å². The van der Waals surface area contributed by atoms with Crippen molar-refractivity contribution in [2.75, 3.05) is 6.61 Å². The first-order valence-electron chi connectivity index (χ1n) is 13.7. The lowest BCUT2D eigenvalue weighted by Crippen LogP contribution is -2.61. The summed E-state index contributed by atoms with van der Waals surface area (Å²) in [7, 11) is -6.53. The van der Waals surface area contributed by atoms with Gasteiger partial charge in [-0.1, -0.05) is 107 Å². The summed E-state index contributed by atoms with van der Waals surface area (Å²) in [6.45, 7) is 23.1. The van der Waals surface area contributed by atoms with Crippen LogP contribution in [0.25, 0.3) is 10.4 Å². The third-order valence-electron chi connectivity index (χ3n) is 6.88. The topological polar surface area (TPSA) is 117 Å². The van der Waals surface area contributed by atoms with E-state index in [1.54, 1.807) is 0 Å². The molecule has 11 heteroatoms. The number of benzene rings is 1. The van der Waals surface area contributed by atoms with Gasteiger partial charge in [-0.25, -0.2) is 0 Å². The lowest BCUT2D eigenvalue weighted by atomic mass is 9.88. The van der Waals surface area contributed by atoms with E-state index in [-0.39, 0.29) is 11.6 Å². The van der Waals surface area contributed by atoms with Crippen molar-refractivity contribution >= 4 is 24.5 Å². The van der Waals surface area contributed by atoms with Gasteiger partial charge in [0.2, 0.25) is 5.60 Å². The first-order chi connectivity index (χ1) is 18.2. The summed E-state index contributed by atoms with van der Waals surface area (Å²) in [6.07, 6.45) is -4.57. The maximum absolute atomic E-state index is 12.2. The number of azide groups is 1. The van der Waals surface area contributed by atoms with E-state index in [2.05, 4.69) is 106 Å². The Morgan fingerprint density at radius 3 is 1.98 bits per heavy atom. The van der Waals surface area contributed by atoms with E-state index in [1.807, 2.05) is 30.3 Å². The van der Waals surface area contributed by atoms with Crippen LogP contribution < -0.4 is 0 Å². The maximum atomic E-state index is 12.2. The van der Waals surface area contributed by atoms with Crippen molar-refractivity contribution in [3.05, 3.63) is 46.3 Å². The fourth-order valence-corrected chi connectivity index (χ4v) is 6.12. The van der Waals surface area contributed by atoms with Crippen LogP contribution in [0.5, 0.6) is 0 Å². The molecule has 40 heavy (non-hydrogen) atoms. The Hall–Kier alpha value is -1.90. The highest BCUT2D eigenvalue weighted by molar-refractivity contribution is 6.84. The number of aliphatic hydroxyl groups is 2. The summed E-state index contributed by atoms with van der Waals surface area (Å²) in [5.74, 6) is 6.56. The van der Waals surface area contributed by atoms with Crippen molar-refractivity contribution in [1.29, 1.82) is 0 Å². The molecule has 1 aromatic carbocycles. The summed E-state index contributed by atoms with van der Waals surface area (Å²) >= 11 is 0. The van der Waals surface area contributed by atoms with Gasteiger partial charge in [0.1, 0.15) is 34.5 Å². The minimum absolute atomic E-state index is 0.0638. The maximum Gasteiger partial charge on any atom is 0.206 e. The van der Waals surface area contributed by atoms with E-state index in [9.17, 15) is 15.7 Å². The largest absolute Gasteiger partial charge is 0.390 e. The van der Waals surface area contributed by atoms with E-state index in [0.717, 1.165) is 5.56 Å². The molecule has 220 valence electrons. The summed E-state index contributed by atoms with van der Waals surface area (Å²) in [4.78, 5) is 3.05. The molecule has 1 aliphatic rings. The monoisotopic (exact) mass is 601 g/mol. The van der Waals surface area contributed by atoms with Gasteiger partial charge in [0.25, 0.3) is 0 Å². The highest BCUT2D eigenvalue weighted by Crippen LogP contribution is 2.41. The highest BCUT2D eigenvalue weighted by Gasteiger charge is 2.52. The van der Waals surface area contributed by atoms with Gasteiger partial charge in [-0.15, -0.1) is 11.1 Å². The highest BCUT2D eigenvalue weighted by atomic mass is 28.4. The van der Waals surface area contributed by atoms with Gasteiger partial charge < -0.3 is 24.1 Å². The molecule has 2 N–H and O–H groups in total. The number of nitrogens with zero attached hydrogens (tertiary/aromatic N) is 3. The second-order valence-electron chi connectivity index (χ2n) is 14.0. The number of rotatable bonds is 7. The van der Waals surface area contributed by atoms with E-state index >= 15 is 0 Å². The van der Waals surface area contributed by atoms with E-state index < -0.39 is 60.7 Å². The lowest BCUT2D eigenvalue weighted by Gasteiger charge is -2.46. The zero-order valence-corrected chi connectivity index (χ0v) is 28.9. The average Bonchev–Trinajstić information content (AvgIpc) is 2.83. The summed E-state index contributed by atoms with van der Waals surface area (Å²) in [5, 5.41) is 27.0. The number of ether oxygens (including phenoxy) is 2. The van der Waals surface area contributed by atoms with E-state index in [0.29, 0.717) is 0 Å². The SMILES string of the molecule is CC(C)(C)[Si](C)(C)OC(C#C[Si](C)(C)C)(C#C[Si](C)(C)C)[C@@H](O)[C@H](N=[N+]=[N-])[C@@H]1O[C@H](c2ccccc2)OC[C@H]1O. The molecule has 1 aliphatic heterocycles. The third kappa shape index (κ3) is 9.31. The fourth-order valence-electron chi connectivity index (χ4n) is 3.66. The van der Waals surface area contributed by atoms with Crippen LogP contribution in [-0.4, -0.2) is 71.2 Å². The van der Waals surface area contributed by atoms with Gasteiger partial charge in [-0.3, -0.25) is 0 Å². The zero-order valence-electron chi connectivity index (χ0n) is 25.9. The van der Waals surface area contributed by atoms with Gasteiger partial charge in [0.05, 0.1) is 12.6 Å². The molecule has 0 spiro atoms. The van der Waals surface area contributed by atoms with Crippen molar-refractivity contribution in [3.63, 3.8) is 0 Å². The molecule has 0 saturated carbocycles. The Labute approximate surface area is 243 Å². The van der Waals surface area contributed by atoms with Crippen molar-refractivity contribution < 1.29 is 24.1 Å². The van der Waals surface area contributed by atoms with Crippen LogP contribution in [0.1, 0.15) is 32.6 Å². The molecular formula is C29H47N3O5Si3. The molecule has 0 aliphatic carbocycles. The van der Waals surface area contributed by atoms with Crippen molar-refractivity contribution in [1.82, 2.24) is 0 Å². The Bertz CT molecular complexity index is 1150. The molecule has 2 rings (SSSR count). The molecule has 1 aromatic rings. The van der Waals surface area contributed by atoms with Crippen LogP contribution in [0.4, 0.5) is 0 Å². The van der Waals surface area contributed by atoms with Crippen LogP contribution >= 0.6 is 0 Å². The Morgan fingerprint density at radius 2 is 1.52 bits per heavy atom. The minimum atomic E-state index is -2.59. The molecule has 0 aromatic heterocycles. The second kappa shape index (κ2) is 13.0. The standard InChI is InChI=1S/C29H47N3O5Si3/c1-28(2,3)40(10,11)37-29(17-19-38(4,5)6,18-20-39(7,8)9)26(34)24(31-32-30)25-23(33)21-35-27(36-25)22-15-13-12-14-16-22/h12-16,23-27,33-34H,21H2,1-11H3/t23-,24-,25-,26+,27-/m1/s1. The molecule has 0 amide bonds. The van der Waals surface area contributed by atoms with Gasteiger partial charge >= 0.3 is 0 Å². The molecule has 5 atom stereocenters. The molecular weight excluding hydrogens is 555 g/mol. The number of hydrogen-bond donors (Lipinski definition) is 2. The molecule has 1 saturated heterocycles. The molecule has 0 bridgehead atoms. The molecule has 8 nitrogen and oxygen atoms in total. The van der Waals surface area contributed by atoms with E-state index in [1.165, 1.54) is 0 Å². The van der Waals surface area contributed by atoms with Crippen molar-refractivity contribution in [2.45, 2.75) is 114 Å². The third-order valence-corrected chi connectivity index (χ3v) is 13.1. The smallest absolute Gasteiger partial charge is 0.206 e. The minimum Gasteiger partial charge on any atom is -0.390 e. The average molecular weight is 602 g/mol. The zero-order chi connectivity index (χ0) is 30.6. The number of aliphatic hydroxyl groups excluding tert-OH is 2. The van der Waals surface area contributed by atoms with Gasteiger partial charge in [-0.05, 0) is 23.7 Å². The molecule has 1 heterocycles. The molecule has 0 unspecified atom stereocenters. The van der Waals surface area contributed by atoms with Gasteiger partial charge in [0.15, 0.2) is 14.6 Å². The Kier molecular flexibility index (Phi) is 11.1. The summed E-state index contributed by atoms with van der Waals surface area (Å²) < 4.78 is 18.9. The quantitative estimate of drug-likeness (QED) is 0.130. The van der Waals surface area contributed by atoms with Gasteiger partial charge in [-0.2, -0.15) is 0 Å². The number of hydrogen-bond acceptors (Lipinski definition) is 6. The predicted molar refractivity (Wildman–Crippen MR) is 168 cm³/mol. The van der Waals surface area contributed by atoms with Crippen LogP contribution in [0.3, 0.4) is 0 Å². The normalized spacial score (nSPS) is 22.1. The van der Waals surface area contributed by atoms with Crippen LogP contribution in [0, 0.1) is 22.9 Å². The Morgan fingerprint density at radius 1 is 1.00 bits per heavy atom. The fraction of sp³-hybridized carbons (Fsp3) is 0.655. The van der Waals surface area contributed by atoms with Gasteiger partial charge in [0, 0.05) is 10.5 Å². The van der Waals surface area contributed by atoms with Crippen molar-refractivity contribution in [3.8, 4) is 22.9 Å². The first-order valence-corrected chi connectivity index (χ1v) is 23.6. The molecule has 0 radical (unpaired) electrons. The van der Waals surface area contributed by atoms with Crippen LogP contribution in [0.15, 0.2) is 35.4 Å². The van der Waals surface area contributed by atoms with Crippen LogP contribution in [-0.2, 0) is 13.9 Å². The first kappa shape index (κ1) is 34.3. The summed E-state index contributed by atoms with van der Waals surface area (Å²) in [5.41, 5.74) is 15.5. The second-order valence-corrected chi connectivity index (χ2v) is 28.2. The molecule has 1 fully saturated rings. The summed E-state index contributed by atoms with van der Waals surface area (Å²) in [6, 6.07) is 8.04.